The van der Waals surface area contributed by atoms with Crippen LogP contribution in [0.5, 0.6) is 5.75 Å². The van der Waals surface area contributed by atoms with E-state index in [0.717, 1.165) is 29.1 Å². The largest absolute Gasteiger partial charge is 0.493 e. The molecule has 0 amide bonds. The first-order valence-electron chi connectivity index (χ1n) is 9.29. The van der Waals surface area contributed by atoms with Gasteiger partial charge in [-0.25, -0.2) is 0 Å². The Hall–Kier alpha value is -2.73. The number of nitrogens with zero attached hydrogens (tertiary/aromatic N) is 3. The average Bonchev–Trinajstić information content (AvgIpc) is 3.04. The number of hydrogen-bond acceptors (Lipinski definition) is 6. The lowest BCUT2D eigenvalue weighted by atomic mass is 9.91. The van der Waals surface area contributed by atoms with E-state index in [1.807, 2.05) is 62.5 Å². The quantitative estimate of drug-likeness (QED) is 0.594. The molecule has 0 saturated carbocycles. The molecule has 2 aliphatic heterocycles. The van der Waals surface area contributed by atoms with Crippen LogP contribution in [0.4, 0.5) is 11.4 Å². The van der Waals surface area contributed by atoms with Gasteiger partial charge < -0.3 is 9.47 Å². The Balaban J connectivity index is 1.60. The molecular weight excluding hydrogens is 342 g/mol. The van der Waals surface area contributed by atoms with E-state index in [4.69, 9.17) is 9.47 Å². The van der Waals surface area contributed by atoms with E-state index >= 15 is 0 Å². The van der Waals surface area contributed by atoms with E-state index in [-0.39, 0.29) is 24.0 Å². The first-order valence-corrected chi connectivity index (χ1v) is 9.29. The van der Waals surface area contributed by atoms with Gasteiger partial charge in [0.25, 0.3) is 0 Å². The average molecular weight is 365 g/mol. The third-order valence-electron chi connectivity index (χ3n) is 5.26. The van der Waals surface area contributed by atoms with Crippen molar-refractivity contribution in [2.24, 2.45) is 16.1 Å². The number of carbonyl (C=O) groups is 1. The molecule has 0 radical (unpaired) electrons. The van der Waals surface area contributed by atoms with Gasteiger partial charge in [-0.15, -0.1) is 0 Å². The van der Waals surface area contributed by atoms with E-state index in [1.54, 1.807) is 0 Å². The van der Waals surface area contributed by atoms with Crippen molar-refractivity contribution in [2.45, 2.75) is 25.4 Å². The first kappa shape index (κ1) is 17.7. The highest BCUT2D eigenvalue weighted by Gasteiger charge is 2.47. The third kappa shape index (κ3) is 3.45. The second-order valence-corrected chi connectivity index (χ2v) is 6.94. The lowest BCUT2D eigenvalue weighted by Gasteiger charge is -2.32. The molecule has 0 spiro atoms. The first-order chi connectivity index (χ1) is 13.2. The molecule has 0 bridgehead atoms. The van der Waals surface area contributed by atoms with Gasteiger partial charge in [0.05, 0.1) is 24.6 Å². The number of rotatable bonds is 4. The van der Waals surface area contributed by atoms with Crippen molar-refractivity contribution in [3.8, 4) is 5.75 Å². The number of likely N-dealkylation sites (tertiary alicyclic amines) is 1. The summed E-state index contributed by atoms with van der Waals surface area (Å²) in [6.07, 6.45) is 0.745. The summed E-state index contributed by atoms with van der Waals surface area (Å²) < 4.78 is 11.2. The molecule has 27 heavy (non-hydrogen) atoms. The number of carbonyl (C=O) groups excluding carboxylic acids is 1. The minimum absolute atomic E-state index is 0.120. The maximum atomic E-state index is 12.3. The Morgan fingerprint density at radius 3 is 2.74 bits per heavy atom. The molecule has 1 fully saturated rings. The van der Waals surface area contributed by atoms with Crippen molar-refractivity contribution in [3.05, 3.63) is 54.1 Å². The van der Waals surface area contributed by atoms with E-state index in [0.29, 0.717) is 13.2 Å². The second-order valence-electron chi connectivity index (χ2n) is 6.94. The molecule has 6 nitrogen and oxygen atoms in total. The fourth-order valence-corrected chi connectivity index (χ4v) is 4.01. The molecule has 2 aliphatic rings. The van der Waals surface area contributed by atoms with Crippen molar-refractivity contribution in [1.29, 1.82) is 0 Å². The highest BCUT2D eigenvalue weighted by Crippen LogP contribution is 2.47. The van der Waals surface area contributed by atoms with Crippen molar-refractivity contribution >= 4 is 17.3 Å². The Bertz CT molecular complexity index is 853. The normalized spacial score (nSPS) is 24.3. The van der Waals surface area contributed by atoms with Crippen LogP contribution in [0, 0.1) is 5.92 Å². The van der Waals surface area contributed by atoms with Crippen LogP contribution in [-0.2, 0) is 9.53 Å². The van der Waals surface area contributed by atoms with Crippen molar-refractivity contribution in [1.82, 2.24) is 4.90 Å². The zero-order valence-electron chi connectivity index (χ0n) is 15.5. The van der Waals surface area contributed by atoms with Crippen molar-refractivity contribution in [2.75, 3.05) is 20.3 Å². The molecule has 2 aromatic rings. The minimum Gasteiger partial charge on any atom is -0.493 e. The summed E-state index contributed by atoms with van der Waals surface area (Å²) >= 11 is 0. The number of ether oxygens (including phenoxy) is 2. The third-order valence-corrected chi connectivity index (χ3v) is 5.26. The summed E-state index contributed by atoms with van der Waals surface area (Å²) in [4.78, 5) is 14.4. The number of benzene rings is 2. The van der Waals surface area contributed by atoms with Gasteiger partial charge in [-0.2, -0.15) is 10.2 Å². The van der Waals surface area contributed by atoms with Crippen LogP contribution in [0.15, 0.2) is 58.8 Å². The highest BCUT2D eigenvalue weighted by atomic mass is 16.5. The maximum absolute atomic E-state index is 12.3. The van der Waals surface area contributed by atoms with Gasteiger partial charge in [-0.3, -0.25) is 9.69 Å². The Kier molecular flexibility index (Phi) is 4.90. The van der Waals surface area contributed by atoms with Gasteiger partial charge >= 0.3 is 5.97 Å². The number of esters is 1. The lowest BCUT2D eigenvalue weighted by molar-refractivity contribution is -0.148. The van der Waals surface area contributed by atoms with Crippen LogP contribution in [0.2, 0.25) is 0 Å². The lowest BCUT2D eigenvalue weighted by Crippen LogP contribution is -2.36. The van der Waals surface area contributed by atoms with Gasteiger partial charge in [-0.05, 0) is 50.7 Å². The molecule has 0 N–H and O–H groups in total. The molecule has 4 rings (SSSR count). The smallest absolute Gasteiger partial charge is 0.323 e. The highest BCUT2D eigenvalue weighted by molar-refractivity contribution is 5.76. The molecule has 1 saturated heterocycles. The summed E-state index contributed by atoms with van der Waals surface area (Å²) in [5, 5.41) is 8.66. The van der Waals surface area contributed by atoms with E-state index in [1.165, 1.54) is 0 Å². The van der Waals surface area contributed by atoms with Crippen LogP contribution in [0.1, 0.15) is 24.9 Å². The van der Waals surface area contributed by atoms with Crippen LogP contribution in [-0.4, -0.2) is 37.2 Å². The van der Waals surface area contributed by atoms with Gasteiger partial charge in [-0.1, -0.05) is 18.2 Å². The molecule has 0 aliphatic carbocycles. The number of fused-ring (bicyclic) bond motifs is 3. The molecule has 2 aromatic carbocycles. The Morgan fingerprint density at radius 2 is 1.96 bits per heavy atom. The monoisotopic (exact) mass is 365 g/mol. The zero-order valence-corrected chi connectivity index (χ0v) is 15.5. The summed E-state index contributed by atoms with van der Waals surface area (Å²) in [6, 6.07) is 15.4. The SMILES string of the molecule is CCOC(=O)C1C[C@@H]2COc3ccc(N=Nc4ccccc4)cc3[C@@H]2N1C. The molecule has 1 unspecified atom stereocenters. The van der Waals surface area contributed by atoms with Gasteiger partial charge in [0.2, 0.25) is 0 Å². The summed E-state index contributed by atoms with van der Waals surface area (Å²) in [5.74, 6) is 0.959. The Labute approximate surface area is 158 Å². The topological polar surface area (TPSA) is 63.5 Å². The fraction of sp³-hybridized carbons (Fsp3) is 0.381. The van der Waals surface area contributed by atoms with Crippen LogP contribution in [0.3, 0.4) is 0 Å². The van der Waals surface area contributed by atoms with Gasteiger partial charge in [0, 0.05) is 17.5 Å². The molecule has 2 heterocycles. The van der Waals surface area contributed by atoms with E-state index in [2.05, 4.69) is 15.1 Å². The van der Waals surface area contributed by atoms with E-state index in [9.17, 15) is 4.79 Å². The van der Waals surface area contributed by atoms with E-state index < -0.39 is 0 Å². The predicted octanol–water partition coefficient (Wildman–Crippen LogP) is 4.42. The number of likely N-dealkylation sites (N-methyl/N-ethyl adjacent to an activating group) is 1. The van der Waals surface area contributed by atoms with Crippen LogP contribution in [0.25, 0.3) is 0 Å². The summed E-state index contributed by atoms with van der Waals surface area (Å²) in [6.45, 7) is 2.85. The summed E-state index contributed by atoms with van der Waals surface area (Å²) in [7, 11) is 1.99. The van der Waals surface area contributed by atoms with Gasteiger partial charge in [0.15, 0.2) is 0 Å². The predicted molar refractivity (Wildman–Crippen MR) is 102 cm³/mol. The summed E-state index contributed by atoms with van der Waals surface area (Å²) in [5.41, 5.74) is 2.64. The molecule has 0 aromatic heterocycles. The number of hydrogen-bond donors (Lipinski definition) is 0. The van der Waals surface area contributed by atoms with Crippen LogP contribution >= 0.6 is 0 Å². The van der Waals surface area contributed by atoms with Gasteiger partial charge in [0.1, 0.15) is 11.8 Å². The van der Waals surface area contributed by atoms with Crippen molar-refractivity contribution in [3.63, 3.8) is 0 Å². The van der Waals surface area contributed by atoms with Crippen LogP contribution < -0.4 is 4.74 Å². The maximum Gasteiger partial charge on any atom is 0.323 e. The molecular formula is C21H23N3O3. The number of azo groups is 1. The molecule has 140 valence electrons. The molecule has 6 heteroatoms. The fourth-order valence-electron chi connectivity index (χ4n) is 4.01. The standard InChI is InChI=1S/C21H23N3O3/c1-3-26-21(25)18-11-14-13-27-19-10-9-16(12-17(19)20(14)24(18)2)23-22-15-7-5-4-6-8-15/h4-10,12,14,18,20H,3,11,13H2,1-2H3/t14-,18?,20-/m1/s1. The second kappa shape index (κ2) is 7.48. The Morgan fingerprint density at radius 1 is 1.19 bits per heavy atom. The molecule has 3 atom stereocenters. The van der Waals surface area contributed by atoms with Crippen molar-refractivity contribution < 1.29 is 14.3 Å². The minimum atomic E-state index is -0.232. The zero-order chi connectivity index (χ0) is 18.8.